The minimum Gasteiger partial charge on any atom is -0.302 e. The van der Waals surface area contributed by atoms with Gasteiger partial charge in [-0.3, -0.25) is 4.79 Å². The molecule has 2 aromatic carbocycles. The first kappa shape index (κ1) is 20.4. The predicted octanol–water partition coefficient (Wildman–Crippen LogP) is 4.51. The maximum absolute atomic E-state index is 12.0. The molecule has 0 radical (unpaired) electrons. The Hall–Kier alpha value is -2.35. The van der Waals surface area contributed by atoms with Crippen molar-refractivity contribution in [2.24, 2.45) is 5.10 Å². The van der Waals surface area contributed by atoms with Crippen molar-refractivity contribution in [3.63, 3.8) is 0 Å². The van der Waals surface area contributed by atoms with Crippen molar-refractivity contribution >= 4 is 47.1 Å². The molecule has 1 amide bonds. The molecule has 0 atom stereocenters. The van der Waals surface area contributed by atoms with Crippen molar-refractivity contribution < 1.29 is 4.79 Å². The van der Waals surface area contributed by atoms with E-state index in [1.54, 1.807) is 18.3 Å². The Balaban J connectivity index is 1.58. The highest BCUT2D eigenvalue weighted by Crippen LogP contribution is 2.25. The van der Waals surface area contributed by atoms with E-state index < -0.39 is 0 Å². The number of nitrogens with zero attached hydrogens (tertiary/aromatic N) is 4. The molecule has 28 heavy (non-hydrogen) atoms. The Morgan fingerprint density at radius 3 is 2.39 bits per heavy atom. The number of carbonyl (C=O) groups is 1. The van der Waals surface area contributed by atoms with Gasteiger partial charge in [0, 0.05) is 22.2 Å². The summed E-state index contributed by atoms with van der Waals surface area (Å²) < 4.78 is 1.96. The average Bonchev–Trinajstić information content (AvgIpc) is 3.11. The lowest BCUT2D eigenvalue weighted by atomic mass is 10.2. The van der Waals surface area contributed by atoms with Crippen LogP contribution in [0.3, 0.4) is 0 Å². The van der Waals surface area contributed by atoms with Crippen LogP contribution in [0.2, 0.25) is 10.0 Å². The first-order valence-electron chi connectivity index (χ1n) is 8.46. The number of hydrogen-bond donors (Lipinski definition) is 1. The molecule has 0 aliphatic heterocycles. The Kier molecular flexibility index (Phi) is 7.08. The summed E-state index contributed by atoms with van der Waals surface area (Å²) in [5.41, 5.74) is 4.27. The zero-order valence-corrected chi connectivity index (χ0v) is 17.3. The van der Waals surface area contributed by atoms with Crippen LogP contribution < -0.4 is 5.43 Å². The van der Waals surface area contributed by atoms with Crippen LogP contribution in [-0.2, 0) is 11.3 Å². The summed E-state index contributed by atoms with van der Waals surface area (Å²) in [6.07, 6.45) is 1.56. The Morgan fingerprint density at radius 2 is 1.75 bits per heavy atom. The number of amides is 1. The van der Waals surface area contributed by atoms with Gasteiger partial charge in [0.05, 0.1) is 12.0 Å². The van der Waals surface area contributed by atoms with E-state index in [4.69, 9.17) is 23.2 Å². The average molecular weight is 434 g/mol. The number of aromatic nitrogens is 3. The van der Waals surface area contributed by atoms with Gasteiger partial charge >= 0.3 is 0 Å². The Bertz CT molecular complexity index is 971. The second-order valence-electron chi connectivity index (χ2n) is 5.69. The minimum atomic E-state index is -0.228. The first-order valence-corrected chi connectivity index (χ1v) is 10.2. The van der Waals surface area contributed by atoms with E-state index in [0.29, 0.717) is 21.7 Å². The second kappa shape index (κ2) is 9.73. The third kappa shape index (κ3) is 5.34. The monoisotopic (exact) mass is 433 g/mol. The normalized spacial score (nSPS) is 11.1. The summed E-state index contributed by atoms with van der Waals surface area (Å²) in [4.78, 5) is 12.0. The van der Waals surface area contributed by atoms with Gasteiger partial charge in [0.25, 0.3) is 5.91 Å². The molecular formula is C19H17Cl2N5OS. The van der Waals surface area contributed by atoms with Gasteiger partial charge in [0.15, 0.2) is 11.0 Å². The van der Waals surface area contributed by atoms with Gasteiger partial charge < -0.3 is 4.57 Å². The van der Waals surface area contributed by atoms with Crippen molar-refractivity contribution in [1.29, 1.82) is 0 Å². The van der Waals surface area contributed by atoms with Gasteiger partial charge in [-0.25, -0.2) is 5.43 Å². The Labute approximate surface area is 177 Å². The van der Waals surface area contributed by atoms with E-state index in [9.17, 15) is 4.79 Å². The minimum absolute atomic E-state index is 0.177. The fourth-order valence-electron chi connectivity index (χ4n) is 2.38. The fraction of sp³-hybridized carbons (Fsp3) is 0.158. The van der Waals surface area contributed by atoms with Gasteiger partial charge in [0.2, 0.25) is 0 Å². The molecular weight excluding hydrogens is 417 g/mol. The molecule has 0 bridgehead atoms. The van der Waals surface area contributed by atoms with Gasteiger partial charge in [-0.2, -0.15) is 5.10 Å². The standard InChI is InChI=1S/C19H17Cl2N5OS/c1-2-26-18(14-5-9-16(21)10-6-14)24-25-19(26)28-12-17(27)23-22-11-13-3-7-15(20)8-4-13/h3-11H,2,12H2,1H3,(H,23,27)/b22-11+. The van der Waals surface area contributed by atoms with Crippen LogP contribution in [0.5, 0.6) is 0 Å². The summed E-state index contributed by atoms with van der Waals surface area (Å²) >= 11 is 13.1. The van der Waals surface area contributed by atoms with Crippen LogP contribution in [0.25, 0.3) is 11.4 Å². The van der Waals surface area contributed by atoms with E-state index in [2.05, 4.69) is 20.7 Å². The number of hydrogen-bond acceptors (Lipinski definition) is 5. The molecule has 6 nitrogen and oxygen atoms in total. The number of rotatable bonds is 7. The SMILES string of the molecule is CCn1c(SCC(=O)N/N=C/c2ccc(Cl)cc2)nnc1-c1ccc(Cl)cc1. The summed E-state index contributed by atoms with van der Waals surface area (Å²) in [7, 11) is 0. The van der Waals surface area contributed by atoms with Gasteiger partial charge in [-0.15, -0.1) is 10.2 Å². The van der Waals surface area contributed by atoms with Crippen LogP contribution in [-0.4, -0.2) is 32.6 Å². The van der Waals surface area contributed by atoms with Crippen LogP contribution in [0.1, 0.15) is 12.5 Å². The van der Waals surface area contributed by atoms with E-state index >= 15 is 0 Å². The van der Waals surface area contributed by atoms with Gasteiger partial charge in [0.1, 0.15) is 0 Å². The lowest BCUT2D eigenvalue weighted by molar-refractivity contribution is -0.118. The highest BCUT2D eigenvalue weighted by Gasteiger charge is 2.14. The number of nitrogens with one attached hydrogen (secondary N) is 1. The molecule has 1 aromatic heterocycles. The molecule has 144 valence electrons. The third-order valence-corrected chi connectivity index (χ3v) is 5.21. The molecule has 9 heteroatoms. The molecule has 0 spiro atoms. The molecule has 1 heterocycles. The third-order valence-electron chi connectivity index (χ3n) is 3.74. The topological polar surface area (TPSA) is 72.2 Å². The first-order chi connectivity index (χ1) is 13.6. The van der Waals surface area contributed by atoms with Crippen LogP contribution >= 0.6 is 35.0 Å². The lowest BCUT2D eigenvalue weighted by Gasteiger charge is -2.07. The van der Waals surface area contributed by atoms with Gasteiger partial charge in [-0.05, 0) is 48.9 Å². The van der Waals surface area contributed by atoms with Crippen LogP contribution in [0.15, 0.2) is 58.8 Å². The lowest BCUT2D eigenvalue weighted by Crippen LogP contribution is -2.20. The van der Waals surface area contributed by atoms with Gasteiger partial charge in [-0.1, -0.05) is 47.1 Å². The number of thioether (sulfide) groups is 1. The smallest absolute Gasteiger partial charge is 0.250 e. The zero-order valence-electron chi connectivity index (χ0n) is 15.0. The van der Waals surface area contributed by atoms with E-state index in [1.165, 1.54) is 11.8 Å². The summed E-state index contributed by atoms with van der Waals surface area (Å²) in [6, 6.07) is 14.6. The molecule has 0 fully saturated rings. The molecule has 0 unspecified atom stereocenters. The van der Waals surface area contributed by atoms with Crippen molar-refractivity contribution in [3.05, 3.63) is 64.1 Å². The number of halogens is 2. The predicted molar refractivity (Wildman–Crippen MR) is 114 cm³/mol. The molecule has 0 aliphatic carbocycles. The highest BCUT2D eigenvalue weighted by atomic mass is 35.5. The quantitative estimate of drug-likeness (QED) is 0.337. The molecule has 0 saturated carbocycles. The van der Waals surface area contributed by atoms with E-state index in [1.807, 2.05) is 47.9 Å². The highest BCUT2D eigenvalue weighted by molar-refractivity contribution is 7.99. The molecule has 0 saturated heterocycles. The fourth-order valence-corrected chi connectivity index (χ4v) is 3.43. The zero-order chi connectivity index (χ0) is 19.9. The molecule has 0 aliphatic rings. The number of carbonyl (C=O) groups excluding carboxylic acids is 1. The Morgan fingerprint density at radius 1 is 1.11 bits per heavy atom. The largest absolute Gasteiger partial charge is 0.302 e. The summed E-state index contributed by atoms with van der Waals surface area (Å²) in [5.74, 6) is 0.688. The van der Waals surface area contributed by atoms with Crippen LogP contribution in [0.4, 0.5) is 0 Å². The summed E-state index contributed by atoms with van der Waals surface area (Å²) in [6.45, 7) is 2.69. The van der Waals surface area contributed by atoms with Crippen LogP contribution in [0, 0.1) is 0 Å². The van der Waals surface area contributed by atoms with Crippen molar-refractivity contribution in [2.45, 2.75) is 18.6 Å². The van der Waals surface area contributed by atoms with Crippen molar-refractivity contribution in [1.82, 2.24) is 20.2 Å². The molecule has 3 aromatic rings. The maximum atomic E-state index is 12.0. The molecule has 1 N–H and O–H groups in total. The van der Waals surface area contributed by atoms with Crippen molar-refractivity contribution in [2.75, 3.05) is 5.75 Å². The number of benzene rings is 2. The summed E-state index contributed by atoms with van der Waals surface area (Å²) in [5, 5.41) is 14.4. The number of hydrazone groups is 1. The van der Waals surface area contributed by atoms with E-state index in [0.717, 1.165) is 17.0 Å². The second-order valence-corrected chi connectivity index (χ2v) is 7.51. The van der Waals surface area contributed by atoms with E-state index in [-0.39, 0.29) is 11.7 Å². The maximum Gasteiger partial charge on any atom is 0.250 e. The molecule has 3 rings (SSSR count). The van der Waals surface area contributed by atoms with Crippen molar-refractivity contribution in [3.8, 4) is 11.4 Å².